The first-order valence-corrected chi connectivity index (χ1v) is 9.09. The van der Waals surface area contributed by atoms with Gasteiger partial charge < -0.3 is 10.1 Å². The summed E-state index contributed by atoms with van der Waals surface area (Å²) < 4.78 is 43.3. The van der Waals surface area contributed by atoms with Crippen LogP contribution in [0.2, 0.25) is 0 Å². The first kappa shape index (κ1) is 14.9. The third-order valence-electron chi connectivity index (χ3n) is 4.22. The Bertz CT molecular complexity index is 611. The maximum absolute atomic E-state index is 13.5. The molecule has 3 rings (SSSR count). The molecule has 0 amide bonds. The van der Waals surface area contributed by atoms with Crippen molar-refractivity contribution in [3.8, 4) is 0 Å². The molecule has 2 atom stereocenters. The van der Waals surface area contributed by atoms with Crippen LogP contribution >= 0.6 is 0 Å². The Morgan fingerprint density at radius 2 is 2.14 bits per heavy atom. The van der Waals surface area contributed by atoms with Gasteiger partial charge in [-0.25, -0.2) is 12.8 Å². The summed E-state index contributed by atoms with van der Waals surface area (Å²) in [5.41, 5.74) is 0.553. The normalized spacial score (nSPS) is 28.0. The van der Waals surface area contributed by atoms with Crippen LogP contribution < -0.4 is 5.32 Å². The van der Waals surface area contributed by atoms with Crippen LogP contribution in [0, 0.1) is 5.82 Å². The molecule has 1 aromatic carbocycles. The van der Waals surface area contributed by atoms with Crippen molar-refractivity contribution in [1.82, 2.24) is 5.32 Å². The molecule has 0 aromatic heterocycles. The number of rotatable bonds is 3. The molecule has 0 bridgehead atoms. The summed E-state index contributed by atoms with van der Waals surface area (Å²) in [5, 5.41) is 3.36. The van der Waals surface area contributed by atoms with E-state index in [4.69, 9.17) is 4.74 Å². The maximum atomic E-state index is 13.5. The highest BCUT2D eigenvalue weighted by Crippen LogP contribution is 2.32. The van der Waals surface area contributed by atoms with Gasteiger partial charge in [0.1, 0.15) is 5.82 Å². The lowest BCUT2D eigenvalue weighted by molar-refractivity contribution is 0.0152. The number of nitrogens with one attached hydrogen (secondary N) is 1. The van der Waals surface area contributed by atoms with E-state index in [1.165, 1.54) is 18.2 Å². The van der Waals surface area contributed by atoms with Crippen molar-refractivity contribution in [2.45, 2.75) is 42.7 Å². The number of sulfone groups is 1. The Morgan fingerprint density at radius 1 is 1.29 bits per heavy atom. The summed E-state index contributed by atoms with van der Waals surface area (Å²) in [7, 11) is -3.27. The summed E-state index contributed by atoms with van der Waals surface area (Å²) in [6, 6.07) is 3.81. The molecule has 0 radical (unpaired) electrons. The third kappa shape index (κ3) is 3.27. The van der Waals surface area contributed by atoms with Crippen molar-refractivity contribution in [3.63, 3.8) is 0 Å². The maximum Gasteiger partial charge on any atom is 0.178 e. The lowest BCUT2D eigenvalue weighted by Gasteiger charge is -2.29. The summed E-state index contributed by atoms with van der Waals surface area (Å²) in [5.74, 6) is -0.291. The van der Waals surface area contributed by atoms with Crippen molar-refractivity contribution in [2.75, 3.05) is 18.9 Å². The molecule has 0 aliphatic carbocycles. The number of ether oxygens (including phenoxy) is 1. The van der Waals surface area contributed by atoms with Gasteiger partial charge in [-0.15, -0.1) is 0 Å². The van der Waals surface area contributed by atoms with Gasteiger partial charge in [0.25, 0.3) is 0 Å². The van der Waals surface area contributed by atoms with Crippen molar-refractivity contribution in [2.24, 2.45) is 0 Å². The zero-order valence-electron chi connectivity index (χ0n) is 11.8. The van der Waals surface area contributed by atoms with Crippen LogP contribution in [-0.2, 0) is 14.6 Å². The molecule has 0 spiro atoms. The van der Waals surface area contributed by atoms with E-state index in [-0.39, 0.29) is 22.8 Å². The highest BCUT2D eigenvalue weighted by atomic mass is 32.2. The van der Waals surface area contributed by atoms with Crippen LogP contribution in [0.3, 0.4) is 0 Å². The van der Waals surface area contributed by atoms with E-state index in [1.807, 2.05) is 0 Å². The molecule has 1 aromatic rings. The molecule has 1 N–H and O–H groups in total. The topological polar surface area (TPSA) is 55.4 Å². The van der Waals surface area contributed by atoms with Crippen LogP contribution in [0.25, 0.3) is 0 Å². The molecule has 2 aliphatic heterocycles. The van der Waals surface area contributed by atoms with Crippen LogP contribution in [0.15, 0.2) is 23.1 Å². The Labute approximate surface area is 124 Å². The zero-order valence-corrected chi connectivity index (χ0v) is 12.7. The number of hydrogen-bond acceptors (Lipinski definition) is 4. The largest absolute Gasteiger partial charge is 0.377 e. The third-order valence-corrected chi connectivity index (χ3v) is 6.04. The van der Waals surface area contributed by atoms with Crippen LogP contribution in [-0.4, -0.2) is 33.4 Å². The Kier molecular flexibility index (Phi) is 4.28. The second-order valence-corrected chi connectivity index (χ2v) is 7.82. The number of halogens is 1. The van der Waals surface area contributed by atoms with E-state index in [2.05, 4.69) is 5.32 Å². The fourth-order valence-corrected chi connectivity index (χ4v) is 4.67. The fraction of sp³-hybridized carbons (Fsp3) is 0.600. The van der Waals surface area contributed by atoms with Crippen LogP contribution in [0.1, 0.15) is 37.3 Å². The Balaban J connectivity index is 1.76. The minimum absolute atomic E-state index is 0.106. The smallest absolute Gasteiger partial charge is 0.178 e. The first-order valence-electron chi connectivity index (χ1n) is 7.43. The molecule has 1 saturated heterocycles. The predicted octanol–water partition coefficient (Wildman–Crippen LogP) is 2.20. The Hall–Kier alpha value is -0.980. The summed E-state index contributed by atoms with van der Waals surface area (Å²) in [6.07, 6.45) is 3.94. The molecule has 21 heavy (non-hydrogen) atoms. The van der Waals surface area contributed by atoms with E-state index in [9.17, 15) is 12.8 Å². The molecule has 6 heteroatoms. The van der Waals surface area contributed by atoms with Crippen LogP contribution in [0.4, 0.5) is 4.39 Å². The molecule has 0 saturated carbocycles. The average Bonchev–Trinajstić information content (AvgIpc) is 2.47. The summed E-state index contributed by atoms with van der Waals surface area (Å²) in [4.78, 5) is 0.261. The average molecular weight is 313 g/mol. The van der Waals surface area contributed by atoms with Crippen molar-refractivity contribution in [1.29, 1.82) is 0 Å². The highest BCUT2D eigenvalue weighted by molar-refractivity contribution is 7.91. The standard InChI is InChI=1S/C15H20FNO3S/c16-11-4-5-15-13(9-11)14(6-8-21(15,18)19)17-10-12-3-1-2-7-20-12/h4-5,9,12,14,17H,1-3,6-8,10H2. The molecule has 116 valence electrons. The molecule has 2 aliphatic rings. The molecule has 2 heterocycles. The van der Waals surface area contributed by atoms with Gasteiger partial charge in [0.15, 0.2) is 9.84 Å². The Morgan fingerprint density at radius 3 is 2.90 bits per heavy atom. The molecular weight excluding hydrogens is 293 g/mol. The number of fused-ring (bicyclic) bond motifs is 1. The van der Waals surface area contributed by atoms with E-state index in [1.54, 1.807) is 0 Å². The number of benzene rings is 1. The SMILES string of the molecule is O=S1(=O)CCC(NCC2CCCCO2)c2cc(F)ccc21. The van der Waals surface area contributed by atoms with Gasteiger partial charge in [0, 0.05) is 19.2 Å². The minimum atomic E-state index is -3.27. The lowest BCUT2D eigenvalue weighted by Crippen LogP contribution is -2.37. The van der Waals surface area contributed by atoms with Gasteiger partial charge >= 0.3 is 0 Å². The lowest BCUT2D eigenvalue weighted by atomic mass is 10.0. The number of hydrogen-bond donors (Lipinski definition) is 1. The summed E-state index contributed by atoms with van der Waals surface area (Å²) >= 11 is 0. The highest BCUT2D eigenvalue weighted by Gasteiger charge is 2.30. The van der Waals surface area contributed by atoms with Crippen molar-refractivity contribution < 1.29 is 17.5 Å². The van der Waals surface area contributed by atoms with Gasteiger partial charge in [-0.3, -0.25) is 0 Å². The predicted molar refractivity (Wildman–Crippen MR) is 77.4 cm³/mol. The van der Waals surface area contributed by atoms with Gasteiger partial charge in [-0.2, -0.15) is 0 Å². The second kappa shape index (κ2) is 6.02. The second-order valence-electron chi connectivity index (χ2n) is 5.74. The molecular formula is C15H20FNO3S. The van der Waals surface area contributed by atoms with Crippen molar-refractivity contribution >= 4 is 9.84 Å². The van der Waals surface area contributed by atoms with Gasteiger partial charge in [-0.05, 0) is 49.4 Å². The fourth-order valence-electron chi connectivity index (χ4n) is 3.07. The zero-order chi connectivity index (χ0) is 14.9. The quantitative estimate of drug-likeness (QED) is 0.869. The van der Waals surface area contributed by atoms with E-state index in [0.717, 1.165) is 25.9 Å². The van der Waals surface area contributed by atoms with Gasteiger partial charge in [0.2, 0.25) is 0 Å². The van der Waals surface area contributed by atoms with E-state index >= 15 is 0 Å². The van der Waals surface area contributed by atoms with E-state index < -0.39 is 15.7 Å². The van der Waals surface area contributed by atoms with E-state index in [0.29, 0.717) is 18.5 Å². The molecule has 4 nitrogen and oxygen atoms in total. The van der Waals surface area contributed by atoms with Crippen LogP contribution in [0.5, 0.6) is 0 Å². The van der Waals surface area contributed by atoms with Gasteiger partial charge in [0.05, 0.1) is 16.8 Å². The molecule has 2 unspecified atom stereocenters. The monoisotopic (exact) mass is 313 g/mol. The molecule has 1 fully saturated rings. The first-order chi connectivity index (χ1) is 10.1. The summed E-state index contributed by atoms with van der Waals surface area (Å²) in [6.45, 7) is 1.47. The van der Waals surface area contributed by atoms with Crippen molar-refractivity contribution in [3.05, 3.63) is 29.6 Å². The minimum Gasteiger partial charge on any atom is -0.377 e. The van der Waals surface area contributed by atoms with Gasteiger partial charge in [-0.1, -0.05) is 0 Å².